The Labute approximate surface area is 116 Å². The topological polar surface area (TPSA) is 37.6 Å². The first-order valence-electron chi connectivity index (χ1n) is 6.56. The molecule has 2 aromatic rings. The Hall–Kier alpha value is -1.49. The van der Waals surface area contributed by atoms with Crippen molar-refractivity contribution in [3.63, 3.8) is 0 Å². The number of pyridine rings is 1. The van der Waals surface area contributed by atoms with E-state index in [-0.39, 0.29) is 5.91 Å². The fourth-order valence-electron chi connectivity index (χ4n) is 2.30. The van der Waals surface area contributed by atoms with Gasteiger partial charge in [0.1, 0.15) is 11.3 Å². The second-order valence-corrected chi connectivity index (χ2v) is 6.08. The van der Waals surface area contributed by atoms with E-state index in [4.69, 9.17) is 0 Å². The lowest BCUT2D eigenvalue weighted by Crippen LogP contribution is -2.33. The molecule has 5 heteroatoms. The van der Waals surface area contributed by atoms with Crippen LogP contribution in [0, 0.1) is 6.92 Å². The Morgan fingerprint density at radius 2 is 2.26 bits per heavy atom. The summed E-state index contributed by atoms with van der Waals surface area (Å²) < 4.78 is 1.91. The number of rotatable bonds is 1. The molecule has 0 aliphatic carbocycles. The standard InChI is InChI=1S/C14H17N3OS/c1-11-3-5-17-10-12(15-13(17)9-11)14(18)16-4-2-7-19-8-6-16/h3,5,9-10H,2,4,6-8H2,1H3. The predicted molar refractivity (Wildman–Crippen MR) is 77.8 cm³/mol. The van der Waals surface area contributed by atoms with Gasteiger partial charge in [0.25, 0.3) is 5.91 Å². The molecule has 0 N–H and O–H groups in total. The number of hydrogen-bond donors (Lipinski definition) is 0. The molecule has 1 saturated heterocycles. The van der Waals surface area contributed by atoms with Crippen molar-refractivity contribution < 1.29 is 4.79 Å². The fourth-order valence-corrected chi connectivity index (χ4v) is 3.18. The average Bonchev–Trinajstić information content (AvgIpc) is 2.64. The third-order valence-electron chi connectivity index (χ3n) is 3.34. The summed E-state index contributed by atoms with van der Waals surface area (Å²) in [6.45, 7) is 3.71. The Kier molecular flexibility index (Phi) is 3.46. The maximum absolute atomic E-state index is 12.4. The van der Waals surface area contributed by atoms with Crippen molar-refractivity contribution in [3.8, 4) is 0 Å². The highest BCUT2D eigenvalue weighted by atomic mass is 32.2. The normalized spacial score (nSPS) is 16.6. The molecule has 0 spiro atoms. The largest absolute Gasteiger partial charge is 0.336 e. The zero-order chi connectivity index (χ0) is 13.2. The summed E-state index contributed by atoms with van der Waals surface area (Å²) in [5.74, 6) is 2.23. The maximum atomic E-state index is 12.4. The van der Waals surface area contributed by atoms with E-state index in [2.05, 4.69) is 4.98 Å². The Bertz CT molecular complexity index is 600. The third-order valence-corrected chi connectivity index (χ3v) is 4.39. The number of carbonyl (C=O) groups is 1. The number of imidazole rings is 1. The molecule has 0 bridgehead atoms. The molecule has 3 heterocycles. The minimum absolute atomic E-state index is 0.0591. The Balaban J connectivity index is 1.88. The molecule has 1 aliphatic rings. The van der Waals surface area contributed by atoms with Crippen LogP contribution in [0.4, 0.5) is 0 Å². The van der Waals surface area contributed by atoms with Crippen LogP contribution in [0.2, 0.25) is 0 Å². The van der Waals surface area contributed by atoms with Crippen molar-refractivity contribution in [3.05, 3.63) is 35.8 Å². The second kappa shape index (κ2) is 5.25. The number of fused-ring (bicyclic) bond motifs is 1. The van der Waals surface area contributed by atoms with E-state index >= 15 is 0 Å². The highest BCUT2D eigenvalue weighted by molar-refractivity contribution is 7.99. The van der Waals surface area contributed by atoms with Gasteiger partial charge in [0.15, 0.2) is 0 Å². The van der Waals surface area contributed by atoms with E-state index in [9.17, 15) is 4.79 Å². The summed E-state index contributed by atoms with van der Waals surface area (Å²) in [7, 11) is 0. The molecule has 4 nitrogen and oxygen atoms in total. The van der Waals surface area contributed by atoms with Crippen molar-refractivity contribution in [1.29, 1.82) is 0 Å². The van der Waals surface area contributed by atoms with Crippen LogP contribution in [0.5, 0.6) is 0 Å². The lowest BCUT2D eigenvalue weighted by atomic mass is 10.3. The molecular weight excluding hydrogens is 258 g/mol. The predicted octanol–water partition coefficient (Wildman–Crippen LogP) is 2.22. The van der Waals surface area contributed by atoms with Crippen LogP contribution < -0.4 is 0 Å². The van der Waals surface area contributed by atoms with E-state index in [0.29, 0.717) is 5.69 Å². The van der Waals surface area contributed by atoms with Gasteiger partial charge in [-0.2, -0.15) is 11.8 Å². The molecule has 1 aliphatic heterocycles. The third kappa shape index (κ3) is 2.61. The second-order valence-electron chi connectivity index (χ2n) is 4.85. The fraction of sp³-hybridized carbons (Fsp3) is 0.429. The van der Waals surface area contributed by atoms with Crippen LogP contribution in [-0.2, 0) is 0 Å². The smallest absolute Gasteiger partial charge is 0.274 e. The van der Waals surface area contributed by atoms with Gasteiger partial charge in [-0.3, -0.25) is 4.79 Å². The first kappa shape index (κ1) is 12.5. The van der Waals surface area contributed by atoms with Gasteiger partial charge in [-0.05, 0) is 36.8 Å². The Morgan fingerprint density at radius 3 is 3.16 bits per heavy atom. The minimum atomic E-state index is 0.0591. The van der Waals surface area contributed by atoms with E-state index in [1.54, 1.807) is 0 Å². The molecule has 0 unspecified atom stereocenters. The van der Waals surface area contributed by atoms with Gasteiger partial charge in [0, 0.05) is 31.2 Å². The molecule has 0 saturated carbocycles. The quantitative estimate of drug-likeness (QED) is 0.801. The van der Waals surface area contributed by atoms with Gasteiger partial charge < -0.3 is 9.30 Å². The summed E-state index contributed by atoms with van der Waals surface area (Å²) in [6.07, 6.45) is 4.85. The Morgan fingerprint density at radius 1 is 1.37 bits per heavy atom. The first-order chi connectivity index (χ1) is 9.24. The van der Waals surface area contributed by atoms with Gasteiger partial charge in [0.05, 0.1) is 0 Å². The SMILES string of the molecule is Cc1ccn2cc(C(=O)N3CCCSCC3)nc2c1. The number of aromatic nitrogens is 2. The number of aryl methyl sites for hydroxylation is 1. The van der Waals surface area contributed by atoms with Gasteiger partial charge >= 0.3 is 0 Å². The van der Waals surface area contributed by atoms with Crippen LogP contribution in [0.25, 0.3) is 5.65 Å². The number of carbonyl (C=O) groups excluding carboxylic acids is 1. The average molecular weight is 275 g/mol. The number of thioether (sulfide) groups is 1. The monoisotopic (exact) mass is 275 g/mol. The molecule has 100 valence electrons. The highest BCUT2D eigenvalue weighted by Gasteiger charge is 2.19. The van der Waals surface area contributed by atoms with Gasteiger partial charge in [-0.1, -0.05) is 0 Å². The zero-order valence-corrected chi connectivity index (χ0v) is 11.8. The maximum Gasteiger partial charge on any atom is 0.274 e. The van der Waals surface area contributed by atoms with Crippen LogP contribution in [0.15, 0.2) is 24.5 Å². The molecule has 0 aromatic carbocycles. The number of amides is 1. The molecule has 3 rings (SSSR count). The van der Waals surface area contributed by atoms with Crippen molar-refractivity contribution >= 4 is 23.3 Å². The lowest BCUT2D eigenvalue weighted by molar-refractivity contribution is 0.0763. The van der Waals surface area contributed by atoms with Crippen LogP contribution in [0.1, 0.15) is 22.5 Å². The molecule has 0 atom stereocenters. The van der Waals surface area contributed by atoms with Crippen LogP contribution >= 0.6 is 11.8 Å². The van der Waals surface area contributed by atoms with E-state index < -0.39 is 0 Å². The molecular formula is C14H17N3OS. The number of hydrogen-bond acceptors (Lipinski definition) is 3. The van der Waals surface area contributed by atoms with Gasteiger partial charge in [-0.25, -0.2) is 4.98 Å². The van der Waals surface area contributed by atoms with Crippen molar-refractivity contribution in [2.45, 2.75) is 13.3 Å². The van der Waals surface area contributed by atoms with Crippen molar-refractivity contribution in [2.24, 2.45) is 0 Å². The number of nitrogens with zero attached hydrogens (tertiary/aromatic N) is 3. The summed E-state index contributed by atoms with van der Waals surface area (Å²) in [4.78, 5) is 18.8. The molecule has 19 heavy (non-hydrogen) atoms. The van der Waals surface area contributed by atoms with Crippen molar-refractivity contribution in [1.82, 2.24) is 14.3 Å². The van der Waals surface area contributed by atoms with E-state index in [1.807, 2.05) is 52.5 Å². The highest BCUT2D eigenvalue weighted by Crippen LogP contribution is 2.14. The van der Waals surface area contributed by atoms with E-state index in [1.165, 1.54) is 0 Å². The van der Waals surface area contributed by atoms with Gasteiger partial charge in [-0.15, -0.1) is 0 Å². The van der Waals surface area contributed by atoms with Crippen LogP contribution in [-0.4, -0.2) is 44.8 Å². The molecule has 0 radical (unpaired) electrons. The van der Waals surface area contributed by atoms with Crippen molar-refractivity contribution in [2.75, 3.05) is 24.6 Å². The summed E-state index contributed by atoms with van der Waals surface area (Å²) in [6, 6.07) is 4.01. The molecule has 1 amide bonds. The summed E-state index contributed by atoms with van der Waals surface area (Å²) >= 11 is 1.92. The minimum Gasteiger partial charge on any atom is -0.336 e. The first-order valence-corrected chi connectivity index (χ1v) is 7.72. The van der Waals surface area contributed by atoms with Crippen LogP contribution in [0.3, 0.4) is 0 Å². The van der Waals surface area contributed by atoms with Gasteiger partial charge in [0.2, 0.25) is 0 Å². The zero-order valence-electron chi connectivity index (χ0n) is 11.0. The lowest BCUT2D eigenvalue weighted by Gasteiger charge is -2.18. The summed E-state index contributed by atoms with van der Waals surface area (Å²) in [5, 5.41) is 0. The van der Waals surface area contributed by atoms with E-state index in [0.717, 1.165) is 42.2 Å². The molecule has 2 aromatic heterocycles. The summed E-state index contributed by atoms with van der Waals surface area (Å²) in [5.41, 5.74) is 2.55. The molecule has 1 fully saturated rings.